The number of hydrogen-bond donors (Lipinski definition) is 0. The van der Waals surface area contributed by atoms with Crippen LogP contribution in [0.2, 0.25) is 0 Å². The summed E-state index contributed by atoms with van der Waals surface area (Å²) in [5, 5.41) is 2.78. The fourth-order valence-electron chi connectivity index (χ4n) is 2.00. The van der Waals surface area contributed by atoms with Crippen LogP contribution in [-0.2, 0) is 22.9 Å². The van der Waals surface area contributed by atoms with Gasteiger partial charge in [-0.3, -0.25) is 0 Å². The minimum absolute atomic E-state index is 0.139. The molecule has 1 heterocycles. The first-order valence-corrected chi connectivity index (χ1v) is 9.28. The summed E-state index contributed by atoms with van der Waals surface area (Å²) < 4.78 is 39.4. The molecular weight excluding hydrogens is 339 g/mol. The van der Waals surface area contributed by atoms with Gasteiger partial charge >= 0.3 is 0 Å². The van der Waals surface area contributed by atoms with Gasteiger partial charge in [-0.25, -0.2) is 12.8 Å². The molecule has 0 aliphatic heterocycles. The number of thiophene rings is 1. The van der Waals surface area contributed by atoms with Gasteiger partial charge in [-0.1, -0.05) is 17.3 Å². The fourth-order valence-corrected chi connectivity index (χ4v) is 4.73. The molecule has 2 aromatic rings. The number of likely N-dealkylation sites (N-methyl/N-ethyl adjacent to an activating group) is 1. The molecule has 5 nitrogen and oxygen atoms in total. The van der Waals surface area contributed by atoms with E-state index in [2.05, 4.69) is 5.18 Å². The van der Waals surface area contributed by atoms with Gasteiger partial charge in [-0.15, -0.1) is 11.3 Å². The number of rotatable bonds is 8. The highest BCUT2D eigenvalue weighted by molar-refractivity contribution is 7.91. The Bertz CT molecular complexity index is 757. The largest absolute Gasteiger partial charge is 0.252 e. The minimum atomic E-state index is -3.55. The molecule has 2 rings (SSSR count). The van der Waals surface area contributed by atoms with E-state index in [1.807, 2.05) is 0 Å². The van der Waals surface area contributed by atoms with E-state index in [0.717, 1.165) is 21.8 Å². The lowest BCUT2D eigenvalue weighted by atomic mass is 10.1. The van der Waals surface area contributed by atoms with E-state index >= 15 is 0 Å². The Kier molecular flexibility index (Phi) is 5.97. The van der Waals surface area contributed by atoms with Crippen molar-refractivity contribution in [3.8, 4) is 0 Å². The molecule has 0 atom stereocenters. The predicted octanol–water partition coefficient (Wildman–Crippen LogP) is 3.06. The molecule has 0 amide bonds. The molecule has 0 radical (unpaired) electrons. The molecule has 0 spiro atoms. The van der Waals surface area contributed by atoms with Crippen molar-refractivity contribution < 1.29 is 12.8 Å². The number of halogens is 1. The average Bonchev–Trinajstić information content (AvgIpc) is 3.01. The van der Waals surface area contributed by atoms with Crippen molar-refractivity contribution in [2.45, 2.75) is 17.1 Å². The maximum atomic E-state index is 12.9. The molecule has 8 heteroatoms. The number of sulfonamides is 1. The van der Waals surface area contributed by atoms with E-state index in [9.17, 15) is 17.7 Å². The van der Waals surface area contributed by atoms with Crippen LogP contribution in [0.25, 0.3) is 0 Å². The lowest BCUT2D eigenvalue weighted by Gasteiger charge is -2.16. The van der Waals surface area contributed by atoms with Crippen molar-refractivity contribution in [1.82, 2.24) is 4.31 Å². The molecule has 0 aliphatic carbocycles. The molecular formula is C15H17FN2O3S2. The Labute approximate surface area is 138 Å². The topological polar surface area (TPSA) is 66.8 Å². The second kappa shape index (κ2) is 7.76. The Morgan fingerprint density at radius 1 is 1.13 bits per heavy atom. The SMILES string of the molecule is CN(CCc1ccc(F)cc1)S(=O)(=O)c1ccc(CCN=O)s1. The summed E-state index contributed by atoms with van der Waals surface area (Å²) in [4.78, 5) is 11.0. The molecule has 0 bridgehead atoms. The van der Waals surface area contributed by atoms with Crippen LogP contribution in [0.1, 0.15) is 10.4 Å². The molecule has 1 aromatic heterocycles. The molecule has 124 valence electrons. The standard InChI is InChI=1S/C15H17FN2O3S2/c1-18(11-9-12-2-4-13(16)5-3-12)23(20,21)15-7-6-14(22-15)8-10-17-19/h2-7H,8-11H2,1H3. The van der Waals surface area contributed by atoms with Gasteiger partial charge in [-0.05, 0) is 36.2 Å². The van der Waals surface area contributed by atoms with Gasteiger partial charge in [0.05, 0.1) is 6.54 Å². The zero-order chi connectivity index (χ0) is 16.9. The predicted molar refractivity (Wildman–Crippen MR) is 88.6 cm³/mol. The van der Waals surface area contributed by atoms with Crippen LogP contribution < -0.4 is 0 Å². The van der Waals surface area contributed by atoms with E-state index in [1.165, 1.54) is 23.5 Å². The Balaban J connectivity index is 2.01. The van der Waals surface area contributed by atoms with Crippen LogP contribution in [0.5, 0.6) is 0 Å². The lowest BCUT2D eigenvalue weighted by Crippen LogP contribution is -2.28. The number of nitroso groups, excluding NO2 is 1. The maximum absolute atomic E-state index is 12.9. The van der Waals surface area contributed by atoms with Crippen LogP contribution in [0.3, 0.4) is 0 Å². The van der Waals surface area contributed by atoms with Gasteiger partial charge in [0.25, 0.3) is 10.0 Å². The third-order valence-corrected chi connectivity index (χ3v) is 6.85. The first kappa shape index (κ1) is 17.7. The average molecular weight is 356 g/mol. The van der Waals surface area contributed by atoms with Crippen molar-refractivity contribution in [2.75, 3.05) is 20.1 Å². The lowest BCUT2D eigenvalue weighted by molar-refractivity contribution is 0.474. The number of nitrogens with zero attached hydrogens (tertiary/aromatic N) is 2. The smallest absolute Gasteiger partial charge is 0.207 e. The Morgan fingerprint density at radius 2 is 1.83 bits per heavy atom. The maximum Gasteiger partial charge on any atom is 0.252 e. The van der Waals surface area contributed by atoms with Crippen molar-refractivity contribution in [2.24, 2.45) is 5.18 Å². The van der Waals surface area contributed by atoms with Crippen LogP contribution in [0.4, 0.5) is 4.39 Å². The monoisotopic (exact) mass is 356 g/mol. The van der Waals surface area contributed by atoms with Crippen LogP contribution in [0.15, 0.2) is 45.8 Å². The highest BCUT2D eigenvalue weighted by atomic mass is 32.2. The molecule has 1 aromatic carbocycles. The first-order chi connectivity index (χ1) is 10.9. The summed E-state index contributed by atoms with van der Waals surface area (Å²) >= 11 is 1.15. The second-order valence-electron chi connectivity index (χ2n) is 5.03. The van der Waals surface area contributed by atoms with Crippen molar-refractivity contribution >= 4 is 21.4 Å². The molecule has 0 N–H and O–H groups in total. The van der Waals surface area contributed by atoms with E-state index in [0.29, 0.717) is 19.4 Å². The summed E-state index contributed by atoms with van der Waals surface area (Å²) in [5.74, 6) is -0.314. The van der Waals surface area contributed by atoms with Crippen molar-refractivity contribution in [1.29, 1.82) is 0 Å². The van der Waals surface area contributed by atoms with Crippen LogP contribution in [0, 0.1) is 10.7 Å². The molecule has 0 fully saturated rings. The molecule has 0 saturated heterocycles. The zero-order valence-electron chi connectivity index (χ0n) is 12.6. The zero-order valence-corrected chi connectivity index (χ0v) is 14.2. The van der Waals surface area contributed by atoms with E-state index < -0.39 is 10.0 Å². The number of benzene rings is 1. The van der Waals surface area contributed by atoms with Gasteiger partial charge in [0.15, 0.2) is 0 Å². The summed E-state index contributed by atoms with van der Waals surface area (Å²) in [6.07, 6.45) is 0.951. The first-order valence-electron chi connectivity index (χ1n) is 7.02. The summed E-state index contributed by atoms with van der Waals surface area (Å²) in [6, 6.07) is 9.26. The molecule has 0 unspecified atom stereocenters. The minimum Gasteiger partial charge on any atom is -0.207 e. The summed E-state index contributed by atoms with van der Waals surface area (Å²) in [7, 11) is -2.03. The van der Waals surface area contributed by atoms with Gasteiger partial charge in [0.1, 0.15) is 10.0 Å². The van der Waals surface area contributed by atoms with E-state index in [1.54, 1.807) is 24.3 Å². The third kappa shape index (κ3) is 4.66. The summed E-state index contributed by atoms with van der Waals surface area (Å²) in [5.41, 5.74) is 0.873. The molecule has 23 heavy (non-hydrogen) atoms. The van der Waals surface area contributed by atoms with Gasteiger partial charge in [0, 0.05) is 24.9 Å². The normalized spacial score (nSPS) is 11.8. The van der Waals surface area contributed by atoms with E-state index in [4.69, 9.17) is 0 Å². The third-order valence-electron chi connectivity index (χ3n) is 3.38. The van der Waals surface area contributed by atoms with Crippen LogP contribution >= 0.6 is 11.3 Å². The highest BCUT2D eigenvalue weighted by Crippen LogP contribution is 2.25. The van der Waals surface area contributed by atoms with Crippen LogP contribution in [-0.4, -0.2) is 32.9 Å². The Hall–Kier alpha value is -1.64. The quantitative estimate of drug-likeness (QED) is 0.683. The van der Waals surface area contributed by atoms with Gasteiger partial charge < -0.3 is 0 Å². The van der Waals surface area contributed by atoms with Gasteiger partial charge in [-0.2, -0.15) is 9.21 Å². The second-order valence-corrected chi connectivity index (χ2v) is 8.47. The van der Waals surface area contributed by atoms with Crippen molar-refractivity contribution in [3.63, 3.8) is 0 Å². The fraction of sp³-hybridized carbons (Fsp3) is 0.333. The highest BCUT2D eigenvalue weighted by Gasteiger charge is 2.22. The van der Waals surface area contributed by atoms with Crippen molar-refractivity contribution in [3.05, 3.63) is 57.6 Å². The molecule has 0 aliphatic rings. The van der Waals surface area contributed by atoms with Gasteiger partial charge in [0.2, 0.25) is 0 Å². The van der Waals surface area contributed by atoms with E-state index in [-0.39, 0.29) is 16.6 Å². The Morgan fingerprint density at radius 3 is 2.48 bits per heavy atom. The number of hydrogen-bond acceptors (Lipinski definition) is 5. The molecule has 0 saturated carbocycles. The summed E-state index contributed by atoms with van der Waals surface area (Å²) in [6.45, 7) is 0.442.